The fourth-order valence-electron chi connectivity index (χ4n) is 1.47. The quantitative estimate of drug-likeness (QED) is 0.701. The van der Waals surface area contributed by atoms with Gasteiger partial charge in [-0.2, -0.15) is 13.2 Å². The standard InChI is InChI=1S/C11H23F3N2/c1-4-7-15-10(3)6-8-16(5-2)9-11(12,13)14/h10,15H,4-9H2,1-3H3. The van der Waals surface area contributed by atoms with Gasteiger partial charge in [-0.3, -0.25) is 4.90 Å². The van der Waals surface area contributed by atoms with Gasteiger partial charge < -0.3 is 5.32 Å². The molecule has 0 rings (SSSR count). The van der Waals surface area contributed by atoms with Gasteiger partial charge in [0.05, 0.1) is 6.54 Å². The van der Waals surface area contributed by atoms with Crippen molar-refractivity contribution in [2.24, 2.45) is 0 Å². The first kappa shape index (κ1) is 15.7. The van der Waals surface area contributed by atoms with E-state index in [0.29, 0.717) is 13.1 Å². The Bertz CT molecular complexity index is 171. The molecule has 0 fully saturated rings. The lowest BCUT2D eigenvalue weighted by atomic mass is 10.2. The van der Waals surface area contributed by atoms with Crippen LogP contribution in [0.3, 0.4) is 0 Å². The molecule has 1 unspecified atom stereocenters. The molecular formula is C11H23F3N2. The van der Waals surface area contributed by atoms with Crippen LogP contribution in [0.15, 0.2) is 0 Å². The molecule has 0 spiro atoms. The Hall–Kier alpha value is -0.290. The molecule has 0 saturated heterocycles. The van der Waals surface area contributed by atoms with Crippen molar-refractivity contribution in [2.45, 2.75) is 45.8 Å². The fraction of sp³-hybridized carbons (Fsp3) is 1.00. The van der Waals surface area contributed by atoms with E-state index in [1.807, 2.05) is 6.92 Å². The first-order chi connectivity index (χ1) is 7.39. The van der Waals surface area contributed by atoms with Crippen molar-refractivity contribution in [2.75, 3.05) is 26.2 Å². The van der Waals surface area contributed by atoms with Crippen LogP contribution >= 0.6 is 0 Å². The maximum Gasteiger partial charge on any atom is 0.401 e. The fourth-order valence-corrected chi connectivity index (χ4v) is 1.47. The SMILES string of the molecule is CCCNC(C)CCN(CC)CC(F)(F)F. The van der Waals surface area contributed by atoms with Crippen LogP contribution in [0, 0.1) is 0 Å². The van der Waals surface area contributed by atoms with Gasteiger partial charge in [0, 0.05) is 6.04 Å². The van der Waals surface area contributed by atoms with Crippen molar-refractivity contribution in [3.05, 3.63) is 0 Å². The van der Waals surface area contributed by atoms with Gasteiger partial charge in [-0.15, -0.1) is 0 Å². The summed E-state index contributed by atoms with van der Waals surface area (Å²) >= 11 is 0. The van der Waals surface area contributed by atoms with Crippen LogP contribution < -0.4 is 5.32 Å². The predicted octanol–water partition coefficient (Wildman–Crippen LogP) is 2.65. The second-order valence-corrected chi connectivity index (χ2v) is 4.13. The molecule has 0 aromatic rings. The molecule has 0 aromatic heterocycles. The zero-order chi connectivity index (χ0) is 12.6. The third-order valence-corrected chi connectivity index (χ3v) is 2.47. The first-order valence-corrected chi connectivity index (χ1v) is 5.91. The van der Waals surface area contributed by atoms with Crippen molar-refractivity contribution in [3.63, 3.8) is 0 Å². The second kappa shape index (κ2) is 7.90. The molecule has 1 atom stereocenters. The summed E-state index contributed by atoms with van der Waals surface area (Å²) in [5.41, 5.74) is 0. The minimum Gasteiger partial charge on any atom is -0.314 e. The zero-order valence-electron chi connectivity index (χ0n) is 10.4. The van der Waals surface area contributed by atoms with Gasteiger partial charge in [-0.05, 0) is 39.4 Å². The highest BCUT2D eigenvalue weighted by Gasteiger charge is 2.29. The summed E-state index contributed by atoms with van der Waals surface area (Å²) in [6.45, 7) is 6.90. The highest BCUT2D eigenvalue weighted by molar-refractivity contribution is 4.66. The average Bonchev–Trinajstić information content (AvgIpc) is 2.19. The number of nitrogens with one attached hydrogen (secondary N) is 1. The molecule has 0 aliphatic heterocycles. The van der Waals surface area contributed by atoms with E-state index in [9.17, 15) is 13.2 Å². The Morgan fingerprint density at radius 3 is 2.31 bits per heavy atom. The Morgan fingerprint density at radius 2 is 1.88 bits per heavy atom. The molecule has 0 radical (unpaired) electrons. The molecule has 5 heteroatoms. The highest BCUT2D eigenvalue weighted by Crippen LogP contribution is 2.16. The smallest absolute Gasteiger partial charge is 0.314 e. The Morgan fingerprint density at radius 1 is 1.25 bits per heavy atom. The molecule has 0 saturated carbocycles. The van der Waals surface area contributed by atoms with E-state index >= 15 is 0 Å². The normalized spacial score (nSPS) is 14.4. The maximum atomic E-state index is 12.2. The van der Waals surface area contributed by atoms with Crippen LogP contribution in [-0.4, -0.2) is 43.3 Å². The molecule has 0 aliphatic rings. The lowest BCUT2D eigenvalue weighted by Gasteiger charge is -2.23. The molecule has 98 valence electrons. The van der Waals surface area contributed by atoms with Crippen LogP contribution in [0.4, 0.5) is 13.2 Å². The van der Waals surface area contributed by atoms with E-state index in [0.717, 1.165) is 19.4 Å². The second-order valence-electron chi connectivity index (χ2n) is 4.13. The Kier molecular flexibility index (Phi) is 7.76. The largest absolute Gasteiger partial charge is 0.401 e. The topological polar surface area (TPSA) is 15.3 Å². The van der Waals surface area contributed by atoms with Crippen LogP contribution in [0.25, 0.3) is 0 Å². The summed E-state index contributed by atoms with van der Waals surface area (Å²) in [7, 11) is 0. The molecule has 16 heavy (non-hydrogen) atoms. The summed E-state index contributed by atoms with van der Waals surface area (Å²) < 4.78 is 36.5. The molecular weight excluding hydrogens is 217 g/mol. The molecule has 0 bridgehead atoms. The molecule has 0 aliphatic carbocycles. The number of hydrogen-bond donors (Lipinski definition) is 1. The lowest BCUT2D eigenvalue weighted by molar-refractivity contribution is -0.145. The van der Waals surface area contributed by atoms with Crippen molar-refractivity contribution >= 4 is 0 Å². The maximum absolute atomic E-state index is 12.2. The summed E-state index contributed by atoms with van der Waals surface area (Å²) in [5, 5.41) is 3.27. The molecule has 0 aromatic carbocycles. The predicted molar refractivity (Wildman–Crippen MR) is 60.5 cm³/mol. The zero-order valence-corrected chi connectivity index (χ0v) is 10.4. The van der Waals surface area contributed by atoms with Gasteiger partial charge in [0.25, 0.3) is 0 Å². The van der Waals surface area contributed by atoms with E-state index in [4.69, 9.17) is 0 Å². The number of nitrogens with zero attached hydrogens (tertiary/aromatic N) is 1. The summed E-state index contributed by atoms with van der Waals surface area (Å²) in [6.07, 6.45) is -2.29. The van der Waals surface area contributed by atoms with Gasteiger partial charge in [0.15, 0.2) is 0 Å². The molecule has 1 N–H and O–H groups in total. The monoisotopic (exact) mass is 240 g/mol. The van der Waals surface area contributed by atoms with Gasteiger partial charge >= 0.3 is 6.18 Å². The molecule has 0 amide bonds. The minimum absolute atomic E-state index is 0.280. The minimum atomic E-state index is -4.09. The van der Waals surface area contributed by atoms with Crippen molar-refractivity contribution in [3.8, 4) is 0 Å². The number of hydrogen-bond acceptors (Lipinski definition) is 2. The van der Waals surface area contributed by atoms with Gasteiger partial charge in [-0.25, -0.2) is 0 Å². The highest BCUT2D eigenvalue weighted by atomic mass is 19.4. The van der Waals surface area contributed by atoms with E-state index < -0.39 is 12.7 Å². The summed E-state index contributed by atoms with van der Waals surface area (Å²) in [6, 6.07) is 0.280. The number of alkyl halides is 3. The van der Waals surface area contributed by atoms with Crippen LogP contribution in [-0.2, 0) is 0 Å². The molecule has 0 heterocycles. The summed E-state index contributed by atoms with van der Waals surface area (Å²) in [5.74, 6) is 0. The summed E-state index contributed by atoms with van der Waals surface area (Å²) in [4.78, 5) is 1.43. The van der Waals surface area contributed by atoms with E-state index in [2.05, 4.69) is 12.2 Å². The number of rotatable bonds is 8. The molecule has 2 nitrogen and oxygen atoms in total. The van der Waals surface area contributed by atoms with Gasteiger partial charge in [0.2, 0.25) is 0 Å². The lowest BCUT2D eigenvalue weighted by Crippen LogP contribution is -2.37. The van der Waals surface area contributed by atoms with Gasteiger partial charge in [-0.1, -0.05) is 13.8 Å². The average molecular weight is 240 g/mol. The van der Waals surface area contributed by atoms with Crippen molar-refractivity contribution in [1.29, 1.82) is 0 Å². The number of halogens is 3. The van der Waals surface area contributed by atoms with Crippen molar-refractivity contribution < 1.29 is 13.2 Å². The van der Waals surface area contributed by atoms with Gasteiger partial charge in [0.1, 0.15) is 0 Å². The van der Waals surface area contributed by atoms with Crippen LogP contribution in [0.1, 0.15) is 33.6 Å². The van der Waals surface area contributed by atoms with E-state index in [1.165, 1.54) is 4.90 Å². The third-order valence-electron chi connectivity index (χ3n) is 2.47. The van der Waals surface area contributed by atoms with E-state index in [-0.39, 0.29) is 6.04 Å². The van der Waals surface area contributed by atoms with E-state index in [1.54, 1.807) is 6.92 Å². The van der Waals surface area contributed by atoms with Crippen molar-refractivity contribution in [1.82, 2.24) is 10.2 Å². The first-order valence-electron chi connectivity index (χ1n) is 5.91. The Balaban J connectivity index is 3.78. The van der Waals surface area contributed by atoms with Crippen LogP contribution in [0.5, 0.6) is 0 Å². The van der Waals surface area contributed by atoms with Crippen LogP contribution in [0.2, 0.25) is 0 Å². The third kappa shape index (κ3) is 8.97. The Labute approximate surface area is 96.2 Å².